The Balaban J connectivity index is 1.24. The monoisotopic (exact) mass is 575 g/mol. The highest BCUT2D eigenvalue weighted by Gasteiger charge is 2.46. The number of fused-ring (bicyclic) bond motifs is 6. The SMILES string of the molecule is c1ccc(-c2ccc3oc4c(Nc5cccc6c5-c5ccccc5C6(c5ccccc5)c5ccccc5)cccc4c3c2)cc1. The highest BCUT2D eigenvalue weighted by molar-refractivity contribution is 6.10. The normalized spacial score (nSPS) is 13.1. The molecule has 0 radical (unpaired) electrons. The summed E-state index contributed by atoms with van der Waals surface area (Å²) in [5.74, 6) is 0. The summed E-state index contributed by atoms with van der Waals surface area (Å²) in [6.07, 6.45) is 0. The van der Waals surface area contributed by atoms with Crippen molar-refractivity contribution in [1.82, 2.24) is 0 Å². The Labute approximate surface area is 262 Å². The van der Waals surface area contributed by atoms with E-state index in [0.29, 0.717) is 0 Å². The minimum atomic E-state index is -0.439. The van der Waals surface area contributed by atoms with Crippen LogP contribution in [0.1, 0.15) is 22.3 Å². The molecule has 212 valence electrons. The van der Waals surface area contributed by atoms with E-state index in [1.165, 1.54) is 44.5 Å². The van der Waals surface area contributed by atoms with Gasteiger partial charge in [0.05, 0.1) is 11.1 Å². The Morgan fingerprint density at radius 1 is 0.444 bits per heavy atom. The second kappa shape index (κ2) is 10.1. The molecule has 8 aromatic rings. The zero-order valence-electron chi connectivity index (χ0n) is 24.6. The molecule has 2 nitrogen and oxygen atoms in total. The van der Waals surface area contributed by atoms with Crippen molar-refractivity contribution in [3.05, 3.63) is 192 Å². The van der Waals surface area contributed by atoms with Gasteiger partial charge in [-0.05, 0) is 63.2 Å². The zero-order valence-corrected chi connectivity index (χ0v) is 24.6. The van der Waals surface area contributed by atoms with Crippen molar-refractivity contribution in [2.75, 3.05) is 5.32 Å². The molecule has 1 heterocycles. The zero-order chi connectivity index (χ0) is 29.8. The van der Waals surface area contributed by atoms with Gasteiger partial charge >= 0.3 is 0 Å². The summed E-state index contributed by atoms with van der Waals surface area (Å²) >= 11 is 0. The van der Waals surface area contributed by atoms with Crippen LogP contribution in [0.4, 0.5) is 11.4 Å². The number of anilines is 2. The van der Waals surface area contributed by atoms with Crippen LogP contribution in [0.5, 0.6) is 0 Å². The molecular formula is C43H29NO. The molecule has 1 aliphatic rings. The molecule has 1 aromatic heterocycles. The fourth-order valence-corrected chi connectivity index (χ4v) is 7.45. The average Bonchev–Trinajstić information content (AvgIpc) is 3.64. The third kappa shape index (κ3) is 3.82. The van der Waals surface area contributed by atoms with Gasteiger partial charge in [0.25, 0.3) is 0 Å². The standard InChI is InChI=1S/C43H29NO/c1-4-14-29(15-5-1)30-26-27-40-35(28-30)33-21-12-25-39(42(33)45-40)44-38-24-13-23-37-41(38)34-20-10-11-22-36(34)43(37,31-16-6-2-7-17-31)32-18-8-3-9-19-32/h1-28,44H. The molecule has 0 bridgehead atoms. The van der Waals surface area contributed by atoms with E-state index in [1.807, 2.05) is 0 Å². The Kier molecular flexibility index (Phi) is 5.76. The van der Waals surface area contributed by atoms with Gasteiger partial charge in [0.1, 0.15) is 5.58 Å². The Bertz CT molecular complexity index is 2300. The highest BCUT2D eigenvalue weighted by Crippen LogP contribution is 2.58. The number of furan rings is 1. The third-order valence-electron chi connectivity index (χ3n) is 9.36. The molecular weight excluding hydrogens is 546 g/mol. The molecule has 0 unspecified atom stereocenters. The van der Waals surface area contributed by atoms with Crippen molar-refractivity contribution in [1.29, 1.82) is 0 Å². The fourth-order valence-electron chi connectivity index (χ4n) is 7.45. The van der Waals surface area contributed by atoms with Crippen molar-refractivity contribution in [3.8, 4) is 22.3 Å². The van der Waals surface area contributed by atoms with Crippen LogP contribution in [-0.4, -0.2) is 0 Å². The first-order chi connectivity index (χ1) is 22.3. The fraction of sp³-hybridized carbons (Fsp3) is 0.0233. The van der Waals surface area contributed by atoms with Crippen molar-refractivity contribution in [3.63, 3.8) is 0 Å². The summed E-state index contributed by atoms with van der Waals surface area (Å²) < 4.78 is 6.55. The predicted molar refractivity (Wildman–Crippen MR) is 186 cm³/mol. The molecule has 0 atom stereocenters. The quantitative estimate of drug-likeness (QED) is 0.221. The lowest BCUT2D eigenvalue weighted by molar-refractivity contribution is 0.670. The van der Waals surface area contributed by atoms with Gasteiger partial charge in [-0.25, -0.2) is 0 Å². The smallest absolute Gasteiger partial charge is 0.158 e. The third-order valence-corrected chi connectivity index (χ3v) is 9.36. The summed E-state index contributed by atoms with van der Waals surface area (Å²) in [5, 5.41) is 6.06. The van der Waals surface area contributed by atoms with Gasteiger partial charge in [0.2, 0.25) is 0 Å². The topological polar surface area (TPSA) is 25.2 Å². The molecule has 0 saturated heterocycles. The van der Waals surface area contributed by atoms with Crippen LogP contribution in [0, 0.1) is 0 Å². The van der Waals surface area contributed by atoms with Crippen molar-refractivity contribution >= 4 is 33.3 Å². The predicted octanol–water partition coefficient (Wildman–Crippen LogP) is 11.4. The molecule has 1 aliphatic carbocycles. The first-order valence-electron chi connectivity index (χ1n) is 15.4. The lowest BCUT2D eigenvalue weighted by Gasteiger charge is -2.33. The van der Waals surface area contributed by atoms with Crippen LogP contribution in [-0.2, 0) is 5.41 Å². The molecule has 0 aliphatic heterocycles. The molecule has 0 fully saturated rings. The first-order valence-corrected chi connectivity index (χ1v) is 15.4. The molecule has 2 heteroatoms. The van der Waals surface area contributed by atoms with Crippen LogP contribution < -0.4 is 5.32 Å². The molecule has 7 aromatic carbocycles. The second-order valence-electron chi connectivity index (χ2n) is 11.7. The largest absolute Gasteiger partial charge is 0.454 e. The van der Waals surface area contributed by atoms with E-state index in [9.17, 15) is 0 Å². The lowest BCUT2D eigenvalue weighted by Crippen LogP contribution is -2.28. The van der Waals surface area contributed by atoms with Crippen LogP contribution in [0.25, 0.3) is 44.2 Å². The minimum absolute atomic E-state index is 0.439. The number of hydrogen-bond donors (Lipinski definition) is 1. The van der Waals surface area contributed by atoms with Crippen LogP contribution in [0.15, 0.2) is 174 Å². The van der Waals surface area contributed by atoms with Gasteiger partial charge in [-0.3, -0.25) is 0 Å². The first kappa shape index (κ1) is 25.6. The molecule has 0 spiro atoms. The highest BCUT2D eigenvalue weighted by atomic mass is 16.3. The van der Waals surface area contributed by atoms with Crippen molar-refractivity contribution in [2.24, 2.45) is 0 Å². The van der Waals surface area contributed by atoms with Gasteiger partial charge < -0.3 is 9.73 Å². The summed E-state index contributed by atoms with van der Waals surface area (Å²) in [6, 6.07) is 60.7. The molecule has 0 saturated carbocycles. The van der Waals surface area contributed by atoms with E-state index in [0.717, 1.165) is 33.3 Å². The van der Waals surface area contributed by atoms with Gasteiger partial charge in [0.15, 0.2) is 5.58 Å². The van der Waals surface area contributed by atoms with Gasteiger partial charge in [-0.2, -0.15) is 0 Å². The maximum atomic E-state index is 6.55. The van der Waals surface area contributed by atoms with E-state index < -0.39 is 5.41 Å². The van der Waals surface area contributed by atoms with Crippen LogP contribution in [0.2, 0.25) is 0 Å². The summed E-state index contributed by atoms with van der Waals surface area (Å²) in [5.41, 5.74) is 13.2. The number of hydrogen-bond acceptors (Lipinski definition) is 2. The number of nitrogens with one attached hydrogen (secondary N) is 1. The van der Waals surface area contributed by atoms with E-state index >= 15 is 0 Å². The average molecular weight is 576 g/mol. The van der Waals surface area contributed by atoms with E-state index in [2.05, 4.69) is 175 Å². The number of para-hydroxylation sites is 1. The van der Waals surface area contributed by atoms with Crippen molar-refractivity contribution in [2.45, 2.75) is 5.41 Å². The van der Waals surface area contributed by atoms with Gasteiger partial charge in [-0.15, -0.1) is 0 Å². The van der Waals surface area contributed by atoms with E-state index in [1.54, 1.807) is 0 Å². The van der Waals surface area contributed by atoms with Crippen LogP contribution >= 0.6 is 0 Å². The van der Waals surface area contributed by atoms with E-state index in [4.69, 9.17) is 4.42 Å². The number of rotatable bonds is 5. The maximum Gasteiger partial charge on any atom is 0.158 e. The maximum absolute atomic E-state index is 6.55. The Morgan fingerprint density at radius 2 is 1.07 bits per heavy atom. The minimum Gasteiger partial charge on any atom is -0.454 e. The lowest BCUT2D eigenvalue weighted by atomic mass is 9.68. The second-order valence-corrected chi connectivity index (χ2v) is 11.7. The summed E-state index contributed by atoms with van der Waals surface area (Å²) in [7, 11) is 0. The molecule has 0 amide bonds. The Morgan fingerprint density at radius 3 is 1.82 bits per heavy atom. The summed E-state index contributed by atoms with van der Waals surface area (Å²) in [4.78, 5) is 0. The van der Waals surface area contributed by atoms with Crippen LogP contribution in [0.3, 0.4) is 0 Å². The summed E-state index contributed by atoms with van der Waals surface area (Å²) in [6.45, 7) is 0. The van der Waals surface area contributed by atoms with E-state index in [-0.39, 0.29) is 0 Å². The number of benzene rings is 7. The molecule has 45 heavy (non-hydrogen) atoms. The van der Waals surface area contributed by atoms with Crippen molar-refractivity contribution < 1.29 is 4.42 Å². The molecule has 1 N–H and O–H groups in total. The molecule has 9 rings (SSSR count). The van der Waals surface area contributed by atoms with Gasteiger partial charge in [0, 0.05) is 22.0 Å². The Hall–Kier alpha value is -5.86. The van der Waals surface area contributed by atoms with Gasteiger partial charge in [-0.1, -0.05) is 146 Å².